The number of aliphatic imine (C=N–C) groups is 1. The summed E-state index contributed by atoms with van der Waals surface area (Å²) in [7, 11) is 0. The van der Waals surface area contributed by atoms with Crippen LogP contribution >= 0.6 is 0 Å². The molecule has 1 atom stereocenters. The maximum Gasteiger partial charge on any atom is 0.348 e. The van der Waals surface area contributed by atoms with Gasteiger partial charge in [-0.3, -0.25) is 0 Å². The highest BCUT2D eigenvalue weighted by Crippen LogP contribution is 2.46. The zero-order valence-electron chi connectivity index (χ0n) is 14.1. The molecular formula is C16H16FN7O2. The highest BCUT2D eigenvalue weighted by Gasteiger charge is 2.45. The van der Waals surface area contributed by atoms with Gasteiger partial charge in [0.1, 0.15) is 18.6 Å². The van der Waals surface area contributed by atoms with Crippen molar-refractivity contribution in [2.45, 2.75) is 25.6 Å². The molecule has 3 aliphatic rings. The lowest BCUT2D eigenvalue weighted by atomic mass is 10.1. The number of aliphatic hydroxyl groups is 1. The fourth-order valence-electron chi connectivity index (χ4n) is 3.29. The van der Waals surface area contributed by atoms with Crippen molar-refractivity contribution in [2.24, 2.45) is 4.99 Å². The molecule has 4 heterocycles. The number of para-hydroxylation sites is 1. The number of hydrazine groups is 1. The molecule has 0 radical (unpaired) electrons. The van der Waals surface area contributed by atoms with E-state index in [1.54, 1.807) is 30.2 Å². The van der Waals surface area contributed by atoms with Crippen LogP contribution in [0.5, 0.6) is 0 Å². The first-order valence-electron chi connectivity index (χ1n) is 8.12. The predicted molar refractivity (Wildman–Crippen MR) is 89.9 cm³/mol. The SMILES string of the molecule is CC(C)(O)c1noc(N2C=NC3c4ccccc4N4CN(F)C=C4N32)n1. The van der Waals surface area contributed by atoms with E-state index in [1.165, 1.54) is 6.20 Å². The number of hydrogen-bond acceptors (Lipinski definition) is 9. The molecule has 1 N–H and O–H groups in total. The summed E-state index contributed by atoms with van der Waals surface area (Å²) < 4.78 is 19.3. The van der Waals surface area contributed by atoms with Gasteiger partial charge in [0.15, 0.2) is 12.0 Å². The fraction of sp³-hybridized carbons (Fsp3) is 0.312. The first-order chi connectivity index (χ1) is 12.4. The Hall–Kier alpha value is -3.14. The van der Waals surface area contributed by atoms with E-state index in [0.29, 0.717) is 10.9 Å². The van der Waals surface area contributed by atoms with E-state index in [4.69, 9.17) is 4.52 Å². The molecule has 5 rings (SSSR count). The molecule has 0 amide bonds. The molecule has 1 aromatic carbocycles. The van der Waals surface area contributed by atoms with Crippen molar-refractivity contribution in [1.82, 2.24) is 20.3 Å². The van der Waals surface area contributed by atoms with Gasteiger partial charge in [-0.05, 0) is 19.9 Å². The third kappa shape index (κ3) is 2.02. The van der Waals surface area contributed by atoms with Crippen LogP contribution in [0, 0.1) is 0 Å². The summed E-state index contributed by atoms with van der Waals surface area (Å²) in [6.45, 7) is 3.23. The molecule has 26 heavy (non-hydrogen) atoms. The van der Waals surface area contributed by atoms with Gasteiger partial charge in [0.05, 0.1) is 11.9 Å². The van der Waals surface area contributed by atoms with Gasteiger partial charge in [0.25, 0.3) is 0 Å². The van der Waals surface area contributed by atoms with E-state index < -0.39 is 5.60 Å². The number of anilines is 2. The Bertz CT molecular complexity index is 935. The van der Waals surface area contributed by atoms with Crippen LogP contribution in [0.2, 0.25) is 0 Å². The average Bonchev–Trinajstić information content (AvgIpc) is 3.30. The summed E-state index contributed by atoms with van der Waals surface area (Å²) in [5, 5.41) is 17.9. The normalized spacial score (nSPS) is 21.1. The molecule has 134 valence electrons. The maximum atomic E-state index is 14.0. The van der Waals surface area contributed by atoms with Gasteiger partial charge in [-0.25, -0.2) is 10.0 Å². The molecule has 0 aliphatic carbocycles. The highest BCUT2D eigenvalue weighted by molar-refractivity contribution is 5.79. The lowest BCUT2D eigenvalue weighted by molar-refractivity contribution is 0.0661. The summed E-state index contributed by atoms with van der Waals surface area (Å²) >= 11 is 0. The number of halogens is 1. The van der Waals surface area contributed by atoms with E-state index in [-0.39, 0.29) is 24.7 Å². The Kier molecular flexibility index (Phi) is 2.88. The number of rotatable bonds is 2. The lowest BCUT2D eigenvalue weighted by Crippen LogP contribution is -2.46. The first-order valence-corrected chi connectivity index (χ1v) is 8.12. The zero-order chi connectivity index (χ0) is 18.1. The minimum Gasteiger partial charge on any atom is -0.382 e. The zero-order valence-corrected chi connectivity index (χ0v) is 14.1. The van der Waals surface area contributed by atoms with E-state index in [2.05, 4.69) is 15.1 Å². The molecule has 1 aromatic heterocycles. The summed E-state index contributed by atoms with van der Waals surface area (Å²) in [6.07, 6.45) is 2.60. The number of hydrogen-bond donors (Lipinski definition) is 1. The van der Waals surface area contributed by atoms with E-state index in [0.717, 1.165) is 11.3 Å². The van der Waals surface area contributed by atoms with Crippen molar-refractivity contribution in [3.63, 3.8) is 0 Å². The van der Waals surface area contributed by atoms with Gasteiger partial charge >= 0.3 is 6.01 Å². The molecule has 9 nitrogen and oxygen atoms in total. The second kappa shape index (κ2) is 4.94. The van der Waals surface area contributed by atoms with E-state index in [1.807, 2.05) is 29.2 Å². The van der Waals surface area contributed by atoms with Crippen LogP contribution in [-0.2, 0) is 5.60 Å². The lowest BCUT2D eigenvalue weighted by Gasteiger charge is -2.41. The van der Waals surface area contributed by atoms with Gasteiger partial charge in [0.2, 0.25) is 5.82 Å². The average molecular weight is 357 g/mol. The van der Waals surface area contributed by atoms with Crippen molar-refractivity contribution in [2.75, 3.05) is 16.6 Å². The van der Waals surface area contributed by atoms with Crippen molar-refractivity contribution in [3.05, 3.63) is 47.7 Å². The van der Waals surface area contributed by atoms with Crippen molar-refractivity contribution < 1.29 is 14.1 Å². The van der Waals surface area contributed by atoms with Crippen LogP contribution in [0.25, 0.3) is 0 Å². The van der Waals surface area contributed by atoms with Crippen LogP contribution < -0.4 is 9.91 Å². The van der Waals surface area contributed by atoms with Crippen LogP contribution in [0.4, 0.5) is 16.2 Å². The van der Waals surface area contributed by atoms with Crippen LogP contribution in [0.15, 0.2) is 45.8 Å². The maximum absolute atomic E-state index is 14.0. The quantitative estimate of drug-likeness (QED) is 0.815. The second-order valence-electron chi connectivity index (χ2n) is 6.80. The number of aromatic nitrogens is 2. The van der Waals surface area contributed by atoms with Gasteiger partial charge in [-0.15, -0.1) is 0 Å². The molecule has 0 saturated carbocycles. The third-order valence-electron chi connectivity index (χ3n) is 4.49. The minimum atomic E-state index is -1.24. The molecule has 0 fully saturated rings. The summed E-state index contributed by atoms with van der Waals surface area (Å²) in [4.78, 5) is 10.6. The number of nitrogens with zero attached hydrogens (tertiary/aromatic N) is 7. The standard InChI is InChI=1S/C16H16FN7O2/c1-16(2,25)14-19-15(26-20-14)23-8-18-13-10-5-3-4-6-11(10)22-9-21(17)7-12(22)24(13)23/h3-8,13,25H,9H2,1-2H3. The van der Waals surface area contributed by atoms with Gasteiger partial charge in [-0.1, -0.05) is 27.8 Å². The molecule has 10 heteroatoms. The van der Waals surface area contributed by atoms with Gasteiger partial charge < -0.3 is 14.5 Å². The Morgan fingerprint density at radius 3 is 2.88 bits per heavy atom. The van der Waals surface area contributed by atoms with Crippen molar-refractivity contribution in [1.29, 1.82) is 0 Å². The molecule has 2 aromatic rings. The molecular weight excluding hydrogens is 341 g/mol. The topological polar surface area (TPSA) is 84.5 Å². The fourth-order valence-corrected chi connectivity index (χ4v) is 3.29. The van der Waals surface area contributed by atoms with Gasteiger partial charge in [0, 0.05) is 5.56 Å². The predicted octanol–water partition coefficient (Wildman–Crippen LogP) is 1.84. The summed E-state index contributed by atoms with van der Waals surface area (Å²) in [5.41, 5.74) is 0.615. The largest absolute Gasteiger partial charge is 0.382 e. The molecule has 0 spiro atoms. The van der Waals surface area contributed by atoms with Crippen LogP contribution in [0.3, 0.4) is 0 Å². The van der Waals surface area contributed by atoms with Crippen molar-refractivity contribution in [3.8, 4) is 0 Å². The Balaban J connectivity index is 1.59. The Morgan fingerprint density at radius 2 is 2.12 bits per heavy atom. The molecule has 0 saturated heterocycles. The van der Waals surface area contributed by atoms with E-state index in [9.17, 15) is 9.59 Å². The van der Waals surface area contributed by atoms with Crippen LogP contribution in [-0.4, -0.2) is 38.4 Å². The number of benzene rings is 1. The first kappa shape index (κ1) is 15.1. The van der Waals surface area contributed by atoms with Crippen molar-refractivity contribution >= 4 is 18.0 Å². The smallest absolute Gasteiger partial charge is 0.348 e. The highest BCUT2D eigenvalue weighted by atomic mass is 19.2. The monoisotopic (exact) mass is 357 g/mol. The Morgan fingerprint density at radius 1 is 1.31 bits per heavy atom. The second-order valence-corrected chi connectivity index (χ2v) is 6.80. The van der Waals surface area contributed by atoms with Gasteiger partial charge in [-0.2, -0.15) is 15.1 Å². The summed E-state index contributed by atoms with van der Waals surface area (Å²) in [5.74, 6) is 0.767. The molecule has 0 bridgehead atoms. The molecule has 3 aliphatic heterocycles. The Labute approximate surface area is 148 Å². The third-order valence-corrected chi connectivity index (χ3v) is 4.49. The minimum absolute atomic E-state index is 0.0855. The summed E-state index contributed by atoms with van der Waals surface area (Å²) in [6, 6.07) is 7.88. The molecule has 1 unspecified atom stereocenters. The van der Waals surface area contributed by atoms with Crippen LogP contribution in [0.1, 0.15) is 31.4 Å². The van der Waals surface area contributed by atoms with E-state index >= 15 is 0 Å². The number of fused-ring (bicyclic) bond motifs is 6.